The molecule has 0 aliphatic carbocycles. The van der Waals surface area contributed by atoms with Crippen molar-refractivity contribution < 1.29 is 4.42 Å². The maximum absolute atomic E-state index is 5.17. The summed E-state index contributed by atoms with van der Waals surface area (Å²) in [6.45, 7) is 5.45. The number of hydrogen-bond acceptors (Lipinski definition) is 4. The van der Waals surface area contributed by atoms with E-state index < -0.39 is 0 Å². The van der Waals surface area contributed by atoms with Crippen molar-refractivity contribution in [3.63, 3.8) is 0 Å². The first-order chi connectivity index (χ1) is 9.25. The molecule has 3 aromatic rings. The molecule has 0 atom stereocenters. The van der Waals surface area contributed by atoms with Gasteiger partial charge in [0.25, 0.3) is 0 Å². The van der Waals surface area contributed by atoms with Crippen LogP contribution in [-0.4, -0.2) is 14.4 Å². The van der Waals surface area contributed by atoms with Gasteiger partial charge < -0.3 is 14.1 Å². The van der Waals surface area contributed by atoms with Gasteiger partial charge in [0.1, 0.15) is 11.4 Å². The summed E-state index contributed by atoms with van der Waals surface area (Å²) < 4.78 is 7.33. The summed E-state index contributed by atoms with van der Waals surface area (Å²) in [4.78, 5) is 8.56. The monoisotopic (exact) mass is 256 g/mol. The Labute approximate surface area is 111 Å². The van der Waals surface area contributed by atoms with E-state index >= 15 is 0 Å². The molecular weight excluding hydrogens is 240 g/mol. The second kappa shape index (κ2) is 4.85. The Morgan fingerprint density at radius 3 is 2.89 bits per heavy atom. The van der Waals surface area contributed by atoms with E-state index in [1.54, 1.807) is 0 Å². The Hall–Kier alpha value is -2.14. The van der Waals surface area contributed by atoms with Gasteiger partial charge in [-0.25, -0.2) is 9.97 Å². The number of oxazole rings is 1. The lowest BCUT2D eigenvalue weighted by atomic mass is 10.3. The molecule has 5 heteroatoms. The molecule has 0 bridgehead atoms. The molecule has 0 aromatic carbocycles. The molecule has 98 valence electrons. The molecule has 0 aliphatic rings. The highest BCUT2D eigenvalue weighted by molar-refractivity contribution is 5.42. The smallest absolute Gasteiger partial charge is 0.181 e. The number of nitrogens with zero attached hydrogens (tertiary/aromatic N) is 3. The van der Waals surface area contributed by atoms with Crippen molar-refractivity contribution in [1.82, 2.24) is 19.7 Å². The number of imidazole rings is 1. The van der Waals surface area contributed by atoms with Gasteiger partial charge >= 0.3 is 0 Å². The van der Waals surface area contributed by atoms with Gasteiger partial charge in [-0.3, -0.25) is 0 Å². The number of nitrogens with one attached hydrogen (secondary N) is 1. The number of pyridine rings is 1. The highest BCUT2D eigenvalue weighted by Gasteiger charge is 2.06. The van der Waals surface area contributed by atoms with Crippen molar-refractivity contribution in [2.75, 3.05) is 0 Å². The summed E-state index contributed by atoms with van der Waals surface area (Å²) in [5, 5.41) is 3.37. The Morgan fingerprint density at radius 2 is 2.11 bits per heavy atom. The first kappa shape index (κ1) is 11.9. The molecule has 5 nitrogen and oxygen atoms in total. The predicted octanol–water partition coefficient (Wildman–Crippen LogP) is 2.23. The highest BCUT2D eigenvalue weighted by atomic mass is 16.3. The van der Waals surface area contributed by atoms with Crippen LogP contribution in [-0.2, 0) is 13.1 Å². The van der Waals surface area contributed by atoms with Crippen molar-refractivity contribution >= 4 is 5.65 Å². The molecule has 0 spiro atoms. The quantitative estimate of drug-likeness (QED) is 0.777. The Bertz CT molecular complexity index is 698. The molecule has 19 heavy (non-hydrogen) atoms. The van der Waals surface area contributed by atoms with Crippen LogP contribution in [0, 0.1) is 13.8 Å². The molecule has 0 aliphatic heterocycles. The molecule has 0 saturated carbocycles. The topological polar surface area (TPSA) is 55.4 Å². The van der Waals surface area contributed by atoms with Crippen molar-refractivity contribution in [3.05, 3.63) is 53.6 Å². The van der Waals surface area contributed by atoms with Crippen LogP contribution in [0.3, 0.4) is 0 Å². The molecular formula is C14H16N4O. The average Bonchev–Trinajstić information content (AvgIpc) is 2.98. The van der Waals surface area contributed by atoms with Crippen LogP contribution in [0.25, 0.3) is 5.65 Å². The summed E-state index contributed by atoms with van der Waals surface area (Å²) in [7, 11) is 0. The number of hydrogen-bond donors (Lipinski definition) is 1. The van der Waals surface area contributed by atoms with Crippen LogP contribution in [0.15, 0.2) is 35.2 Å². The fourth-order valence-electron chi connectivity index (χ4n) is 2.21. The molecule has 3 aromatic heterocycles. The van der Waals surface area contributed by atoms with Crippen LogP contribution in [0.4, 0.5) is 0 Å². The zero-order chi connectivity index (χ0) is 13.2. The fourth-order valence-corrected chi connectivity index (χ4v) is 2.21. The zero-order valence-corrected chi connectivity index (χ0v) is 11.1. The van der Waals surface area contributed by atoms with E-state index in [2.05, 4.69) is 32.7 Å². The molecule has 0 fully saturated rings. The summed E-state index contributed by atoms with van der Waals surface area (Å²) in [6.07, 6.45) is 3.38. The highest BCUT2D eigenvalue weighted by Crippen LogP contribution is 2.10. The fraction of sp³-hybridized carbons (Fsp3) is 0.286. The number of rotatable bonds is 4. The molecule has 3 heterocycles. The molecule has 0 unspecified atom stereocenters. The third-order valence-corrected chi connectivity index (χ3v) is 3.24. The van der Waals surface area contributed by atoms with Crippen LogP contribution >= 0.6 is 0 Å². The number of aryl methyl sites for hydroxylation is 2. The normalized spacial score (nSPS) is 11.3. The first-order valence-corrected chi connectivity index (χ1v) is 6.27. The van der Waals surface area contributed by atoms with Gasteiger partial charge in [0.05, 0.1) is 17.6 Å². The maximum atomic E-state index is 5.17. The van der Waals surface area contributed by atoms with Gasteiger partial charge in [0.15, 0.2) is 6.39 Å². The van der Waals surface area contributed by atoms with Crippen molar-refractivity contribution in [3.8, 4) is 0 Å². The van der Waals surface area contributed by atoms with E-state index in [1.165, 1.54) is 12.1 Å². The lowest BCUT2D eigenvalue weighted by molar-refractivity contribution is 0.522. The van der Waals surface area contributed by atoms with Crippen LogP contribution < -0.4 is 5.32 Å². The van der Waals surface area contributed by atoms with Crippen molar-refractivity contribution in [2.45, 2.75) is 26.9 Å². The number of fused-ring (bicyclic) bond motifs is 1. The first-order valence-electron chi connectivity index (χ1n) is 6.27. The van der Waals surface area contributed by atoms with Gasteiger partial charge in [-0.1, -0.05) is 6.07 Å². The van der Waals surface area contributed by atoms with E-state index in [9.17, 15) is 0 Å². The lowest BCUT2D eigenvalue weighted by Crippen LogP contribution is -2.15. The summed E-state index contributed by atoms with van der Waals surface area (Å²) in [5.41, 5.74) is 4.26. The second-order valence-electron chi connectivity index (χ2n) is 4.57. The van der Waals surface area contributed by atoms with Gasteiger partial charge in [-0.2, -0.15) is 0 Å². The Kier molecular flexibility index (Phi) is 3.05. The molecule has 3 rings (SSSR count). The van der Waals surface area contributed by atoms with E-state index in [1.807, 2.05) is 25.3 Å². The number of aromatic nitrogens is 3. The molecule has 0 radical (unpaired) electrons. The largest absolute Gasteiger partial charge is 0.448 e. The SMILES string of the molecule is Cc1ocnc1CNCc1cnc2cccc(C)n12. The third-order valence-electron chi connectivity index (χ3n) is 3.24. The second-order valence-corrected chi connectivity index (χ2v) is 4.57. The van der Waals surface area contributed by atoms with Gasteiger partial charge in [-0.05, 0) is 26.0 Å². The lowest BCUT2D eigenvalue weighted by Gasteiger charge is -2.06. The van der Waals surface area contributed by atoms with Crippen LogP contribution in [0.2, 0.25) is 0 Å². The minimum atomic E-state index is 0.696. The minimum Gasteiger partial charge on any atom is -0.448 e. The minimum absolute atomic E-state index is 0.696. The van der Waals surface area contributed by atoms with E-state index in [0.717, 1.165) is 29.3 Å². The van der Waals surface area contributed by atoms with Crippen molar-refractivity contribution in [2.24, 2.45) is 0 Å². The standard InChI is InChI=1S/C14H16N4O/c1-10-4-3-5-14-16-7-12(18(10)14)6-15-8-13-11(2)19-9-17-13/h3-5,7,9,15H,6,8H2,1-2H3. The Morgan fingerprint density at radius 1 is 1.21 bits per heavy atom. The average molecular weight is 256 g/mol. The molecule has 1 N–H and O–H groups in total. The van der Waals surface area contributed by atoms with E-state index in [4.69, 9.17) is 4.42 Å². The van der Waals surface area contributed by atoms with Crippen LogP contribution in [0.1, 0.15) is 22.8 Å². The summed E-state index contributed by atoms with van der Waals surface area (Å²) in [6, 6.07) is 6.12. The summed E-state index contributed by atoms with van der Waals surface area (Å²) >= 11 is 0. The third kappa shape index (κ3) is 2.24. The Balaban J connectivity index is 1.74. The molecule has 0 amide bonds. The van der Waals surface area contributed by atoms with Crippen LogP contribution in [0.5, 0.6) is 0 Å². The van der Waals surface area contributed by atoms with E-state index in [-0.39, 0.29) is 0 Å². The zero-order valence-electron chi connectivity index (χ0n) is 11.1. The van der Waals surface area contributed by atoms with Crippen molar-refractivity contribution in [1.29, 1.82) is 0 Å². The predicted molar refractivity (Wildman–Crippen MR) is 71.7 cm³/mol. The summed E-state index contributed by atoms with van der Waals surface area (Å²) in [5.74, 6) is 0.863. The van der Waals surface area contributed by atoms with Gasteiger partial charge in [0.2, 0.25) is 0 Å². The van der Waals surface area contributed by atoms with Gasteiger partial charge in [0, 0.05) is 18.8 Å². The van der Waals surface area contributed by atoms with Gasteiger partial charge in [-0.15, -0.1) is 0 Å². The molecule has 0 saturated heterocycles. The van der Waals surface area contributed by atoms with E-state index in [0.29, 0.717) is 6.54 Å². The maximum Gasteiger partial charge on any atom is 0.181 e.